The van der Waals surface area contributed by atoms with E-state index < -0.39 is 0 Å². The number of nitrogens with zero attached hydrogens (tertiary/aromatic N) is 3. The maximum atomic E-state index is 4.50. The number of aromatic nitrogens is 3. The molecule has 3 aromatic rings. The molecule has 1 fully saturated rings. The highest BCUT2D eigenvalue weighted by molar-refractivity contribution is 5.33. The van der Waals surface area contributed by atoms with E-state index in [9.17, 15) is 0 Å². The number of aryl methyl sites for hydroxylation is 1. The van der Waals surface area contributed by atoms with E-state index >= 15 is 0 Å². The summed E-state index contributed by atoms with van der Waals surface area (Å²) in [5.41, 5.74) is 4.03. The third-order valence-electron chi connectivity index (χ3n) is 4.85. The van der Waals surface area contributed by atoms with Gasteiger partial charge in [-0.15, -0.1) is 0 Å². The number of nitrogens with one attached hydrogen (secondary N) is 1. The van der Waals surface area contributed by atoms with Crippen LogP contribution in [0.2, 0.25) is 0 Å². The minimum atomic E-state index is 0.589. The average Bonchev–Trinajstić information content (AvgIpc) is 3.08. The molecular formula is C20H22N4. The van der Waals surface area contributed by atoms with Gasteiger partial charge in [0.1, 0.15) is 12.1 Å². The van der Waals surface area contributed by atoms with Crippen molar-refractivity contribution in [1.29, 1.82) is 0 Å². The first-order valence-corrected chi connectivity index (χ1v) is 8.52. The zero-order valence-electron chi connectivity index (χ0n) is 13.9. The molecule has 0 radical (unpaired) electrons. The van der Waals surface area contributed by atoms with Crippen molar-refractivity contribution in [2.75, 3.05) is 0 Å². The van der Waals surface area contributed by atoms with E-state index in [-0.39, 0.29) is 0 Å². The Kier molecular flexibility index (Phi) is 4.13. The lowest BCUT2D eigenvalue weighted by Crippen LogP contribution is -2.39. The molecule has 0 saturated heterocycles. The second kappa shape index (κ2) is 6.57. The highest BCUT2D eigenvalue weighted by Gasteiger charge is 2.29. The maximum absolute atomic E-state index is 4.50. The van der Waals surface area contributed by atoms with Crippen molar-refractivity contribution in [3.05, 3.63) is 78.0 Å². The molecule has 4 nitrogen and oxygen atoms in total. The Hall–Kier alpha value is -2.46. The van der Waals surface area contributed by atoms with Gasteiger partial charge in [-0.25, -0.2) is 9.97 Å². The van der Waals surface area contributed by atoms with Gasteiger partial charge in [0.05, 0.1) is 0 Å². The SMILES string of the molecule is Cc1cccc(C2CC(NCc3cccnc3-n3ccnc3)C2)c1. The smallest absolute Gasteiger partial charge is 0.142 e. The van der Waals surface area contributed by atoms with Gasteiger partial charge in [0, 0.05) is 36.7 Å². The Balaban J connectivity index is 1.36. The highest BCUT2D eigenvalue weighted by Crippen LogP contribution is 2.37. The van der Waals surface area contributed by atoms with Crippen molar-refractivity contribution in [2.24, 2.45) is 0 Å². The van der Waals surface area contributed by atoms with E-state index in [0.29, 0.717) is 12.0 Å². The predicted molar refractivity (Wildman–Crippen MR) is 95.1 cm³/mol. The lowest BCUT2D eigenvalue weighted by Gasteiger charge is -2.36. The first-order valence-electron chi connectivity index (χ1n) is 8.52. The van der Waals surface area contributed by atoms with Crippen LogP contribution in [0, 0.1) is 6.92 Å². The van der Waals surface area contributed by atoms with E-state index in [1.165, 1.54) is 29.5 Å². The van der Waals surface area contributed by atoms with E-state index in [1.54, 1.807) is 12.5 Å². The van der Waals surface area contributed by atoms with Crippen LogP contribution in [-0.2, 0) is 6.54 Å². The van der Waals surface area contributed by atoms with Crippen LogP contribution in [-0.4, -0.2) is 20.6 Å². The highest BCUT2D eigenvalue weighted by atomic mass is 15.1. The van der Waals surface area contributed by atoms with Gasteiger partial charge in [-0.2, -0.15) is 0 Å². The van der Waals surface area contributed by atoms with Gasteiger partial charge in [0.2, 0.25) is 0 Å². The molecule has 122 valence electrons. The van der Waals surface area contributed by atoms with Gasteiger partial charge in [0.25, 0.3) is 0 Å². The first-order chi connectivity index (χ1) is 11.8. The van der Waals surface area contributed by atoms with Crippen LogP contribution in [0.25, 0.3) is 5.82 Å². The van der Waals surface area contributed by atoms with Gasteiger partial charge in [-0.1, -0.05) is 35.9 Å². The van der Waals surface area contributed by atoms with Crippen molar-refractivity contribution in [2.45, 2.75) is 38.3 Å². The Morgan fingerprint density at radius 2 is 2.08 bits per heavy atom. The molecule has 0 bridgehead atoms. The number of imidazole rings is 1. The summed E-state index contributed by atoms with van der Waals surface area (Å²) in [6.07, 6.45) is 9.76. The van der Waals surface area contributed by atoms with Crippen LogP contribution in [0.5, 0.6) is 0 Å². The Morgan fingerprint density at radius 3 is 2.88 bits per heavy atom. The first kappa shape index (κ1) is 15.1. The fraction of sp³-hybridized carbons (Fsp3) is 0.300. The normalized spacial score (nSPS) is 19.9. The standard InChI is InChI=1S/C20H22N4/c1-15-4-2-5-16(10-15)18-11-19(12-18)23-13-17-6-3-7-22-20(17)24-9-8-21-14-24/h2-10,14,18-19,23H,11-13H2,1H3. The van der Waals surface area contributed by atoms with Crippen molar-refractivity contribution >= 4 is 0 Å². The summed E-state index contributed by atoms with van der Waals surface area (Å²) in [5, 5.41) is 3.68. The van der Waals surface area contributed by atoms with Crippen LogP contribution in [0.4, 0.5) is 0 Å². The fourth-order valence-corrected chi connectivity index (χ4v) is 3.42. The van der Waals surface area contributed by atoms with E-state index in [1.807, 2.05) is 23.0 Å². The molecule has 4 rings (SSSR count). The van der Waals surface area contributed by atoms with Crippen LogP contribution in [0.1, 0.15) is 35.4 Å². The molecule has 24 heavy (non-hydrogen) atoms. The van der Waals surface area contributed by atoms with Gasteiger partial charge in [0.15, 0.2) is 0 Å². The lowest BCUT2D eigenvalue weighted by atomic mass is 9.75. The molecule has 2 heterocycles. The molecule has 0 atom stereocenters. The topological polar surface area (TPSA) is 42.7 Å². The van der Waals surface area contributed by atoms with Gasteiger partial charge in [-0.3, -0.25) is 4.57 Å². The second-order valence-corrected chi connectivity index (χ2v) is 6.62. The van der Waals surface area contributed by atoms with Crippen molar-refractivity contribution in [3.63, 3.8) is 0 Å². The predicted octanol–water partition coefficient (Wildman–Crippen LogP) is 3.61. The summed E-state index contributed by atoms with van der Waals surface area (Å²) in [7, 11) is 0. The third-order valence-corrected chi connectivity index (χ3v) is 4.85. The Labute approximate surface area is 142 Å². The Morgan fingerprint density at radius 1 is 1.17 bits per heavy atom. The number of hydrogen-bond donors (Lipinski definition) is 1. The van der Waals surface area contributed by atoms with Crippen molar-refractivity contribution in [1.82, 2.24) is 19.9 Å². The quantitative estimate of drug-likeness (QED) is 0.781. The maximum Gasteiger partial charge on any atom is 0.142 e. The summed E-state index contributed by atoms with van der Waals surface area (Å²) in [5.74, 6) is 1.65. The van der Waals surface area contributed by atoms with Crippen LogP contribution >= 0.6 is 0 Å². The summed E-state index contributed by atoms with van der Waals surface area (Å²) >= 11 is 0. The van der Waals surface area contributed by atoms with Crippen LogP contribution in [0.3, 0.4) is 0 Å². The number of pyridine rings is 1. The summed E-state index contributed by atoms with van der Waals surface area (Å²) in [4.78, 5) is 8.61. The number of benzene rings is 1. The van der Waals surface area contributed by atoms with E-state index in [4.69, 9.17) is 0 Å². The summed E-state index contributed by atoms with van der Waals surface area (Å²) in [6, 6.07) is 13.6. The lowest BCUT2D eigenvalue weighted by molar-refractivity contribution is 0.289. The Bertz CT molecular complexity index is 804. The zero-order chi connectivity index (χ0) is 16.4. The molecule has 0 unspecified atom stereocenters. The van der Waals surface area contributed by atoms with Gasteiger partial charge in [-0.05, 0) is 37.3 Å². The molecule has 4 heteroatoms. The van der Waals surface area contributed by atoms with Gasteiger partial charge >= 0.3 is 0 Å². The van der Waals surface area contributed by atoms with E-state index in [2.05, 4.69) is 52.5 Å². The minimum absolute atomic E-state index is 0.589. The largest absolute Gasteiger partial charge is 0.310 e. The van der Waals surface area contributed by atoms with Crippen molar-refractivity contribution < 1.29 is 0 Å². The molecule has 1 saturated carbocycles. The van der Waals surface area contributed by atoms with Crippen LogP contribution in [0.15, 0.2) is 61.3 Å². The van der Waals surface area contributed by atoms with Crippen LogP contribution < -0.4 is 5.32 Å². The summed E-state index contributed by atoms with van der Waals surface area (Å²) < 4.78 is 1.97. The monoisotopic (exact) mass is 318 g/mol. The fourth-order valence-electron chi connectivity index (χ4n) is 3.42. The average molecular weight is 318 g/mol. The molecular weight excluding hydrogens is 296 g/mol. The van der Waals surface area contributed by atoms with E-state index in [0.717, 1.165) is 12.4 Å². The molecule has 0 amide bonds. The molecule has 1 aliphatic rings. The molecule has 2 aromatic heterocycles. The number of rotatable bonds is 5. The second-order valence-electron chi connectivity index (χ2n) is 6.62. The molecule has 1 N–H and O–H groups in total. The zero-order valence-corrected chi connectivity index (χ0v) is 13.9. The molecule has 0 aliphatic heterocycles. The third kappa shape index (κ3) is 3.10. The molecule has 1 aromatic carbocycles. The van der Waals surface area contributed by atoms with Gasteiger partial charge < -0.3 is 5.32 Å². The molecule has 1 aliphatic carbocycles. The molecule has 0 spiro atoms. The minimum Gasteiger partial charge on any atom is -0.310 e. The van der Waals surface area contributed by atoms with Crippen molar-refractivity contribution in [3.8, 4) is 5.82 Å². The summed E-state index contributed by atoms with van der Waals surface area (Å²) in [6.45, 7) is 3.00. The number of hydrogen-bond acceptors (Lipinski definition) is 3.